The van der Waals surface area contributed by atoms with Gasteiger partial charge in [0, 0.05) is 13.4 Å². The second-order valence-electron chi connectivity index (χ2n) is 3.35. The first-order valence-corrected chi connectivity index (χ1v) is 6.64. The largest absolute Gasteiger partial charge is 0.0890 e. The summed E-state index contributed by atoms with van der Waals surface area (Å²) in [5.41, 5.74) is 1.31. The molecule has 0 fully saturated rings. The van der Waals surface area contributed by atoms with Crippen molar-refractivity contribution >= 4 is 34.4 Å². The van der Waals surface area contributed by atoms with Gasteiger partial charge in [0.1, 0.15) is 0 Å². The molecule has 0 saturated heterocycles. The maximum atomic E-state index is 2.38. The molecule has 0 amide bonds. The first-order valence-electron chi connectivity index (χ1n) is 4.75. The van der Waals surface area contributed by atoms with E-state index in [2.05, 4.69) is 78.0 Å². The van der Waals surface area contributed by atoms with Crippen molar-refractivity contribution in [2.24, 2.45) is 0 Å². The minimum Gasteiger partial charge on any atom is -0.0890 e. The molecule has 0 spiro atoms. The van der Waals surface area contributed by atoms with Gasteiger partial charge in [0.05, 0.1) is 0 Å². The first kappa shape index (κ1) is 11.0. The summed E-state index contributed by atoms with van der Waals surface area (Å²) < 4.78 is 1.31. The van der Waals surface area contributed by atoms with Crippen LogP contribution in [0.25, 0.3) is 0 Å². The Morgan fingerprint density at radius 2 is 1.80 bits per heavy atom. The quantitative estimate of drug-likeness (QED) is 0.718. The Balaban J connectivity index is 2.26. The van der Waals surface area contributed by atoms with E-state index in [1.54, 1.807) is 0 Å². The van der Waals surface area contributed by atoms with Crippen LogP contribution < -0.4 is 0 Å². The van der Waals surface area contributed by atoms with Gasteiger partial charge in [-0.15, -0.1) is 0 Å². The molecule has 76 valence electrons. The molecular formula is C13H11IS. The highest BCUT2D eigenvalue weighted by atomic mass is 127. The molecule has 0 saturated carbocycles. The van der Waals surface area contributed by atoms with E-state index in [-0.39, 0.29) is 0 Å². The van der Waals surface area contributed by atoms with E-state index in [1.165, 1.54) is 18.9 Å². The second-order valence-corrected chi connectivity index (χ2v) is 5.63. The lowest BCUT2D eigenvalue weighted by atomic mass is 10.2. The Bertz CT molecular complexity index is 466. The minimum atomic E-state index is 1.30. The molecule has 0 heterocycles. The third kappa shape index (κ3) is 2.98. The molecule has 2 heteroatoms. The van der Waals surface area contributed by atoms with Gasteiger partial charge in [0.25, 0.3) is 0 Å². The smallest absolute Gasteiger partial charge is 0.0269 e. The summed E-state index contributed by atoms with van der Waals surface area (Å²) in [7, 11) is 0. The van der Waals surface area contributed by atoms with Crippen molar-refractivity contribution < 1.29 is 0 Å². The van der Waals surface area contributed by atoms with Crippen molar-refractivity contribution in [2.75, 3.05) is 0 Å². The molecule has 0 N–H and O–H groups in total. The van der Waals surface area contributed by atoms with Gasteiger partial charge in [0.2, 0.25) is 0 Å². The van der Waals surface area contributed by atoms with Crippen LogP contribution in [0.15, 0.2) is 58.3 Å². The van der Waals surface area contributed by atoms with Gasteiger partial charge in [-0.05, 0) is 53.8 Å². The Kier molecular flexibility index (Phi) is 3.70. The molecule has 0 radical (unpaired) electrons. The lowest BCUT2D eigenvalue weighted by Gasteiger charge is -2.04. The van der Waals surface area contributed by atoms with Crippen molar-refractivity contribution in [1.29, 1.82) is 0 Å². The summed E-state index contributed by atoms with van der Waals surface area (Å²) in [5.74, 6) is 0. The average Bonchev–Trinajstić information content (AvgIpc) is 2.22. The standard InChI is InChI=1S/C13H11IS/c1-10-5-4-6-11(9-10)15-13-8-3-2-7-12(13)14/h2-9H,1H3. The van der Waals surface area contributed by atoms with Crippen molar-refractivity contribution in [3.8, 4) is 0 Å². The molecule has 0 unspecified atom stereocenters. The third-order valence-corrected chi connectivity index (χ3v) is 4.43. The van der Waals surface area contributed by atoms with Crippen LogP contribution in [0.3, 0.4) is 0 Å². The van der Waals surface area contributed by atoms with Crippen LogP contribution >= 0.6 is 34.4 Å². The number of rotatable bonds is 2. The van der Waals surface area contributed by atoms with Crippen LogP contribution in [-0.2, 0) is 0 Å². The zero-order valence-electron chi connectivity index (χ0n) is 8.41. The van der Waals surface area contributed by atoms with Gasteiger partial charge in [-0.25, -0.2) is 0 Å². The van der Waals surface area contributed by atoms with Crippen molar-refractivity contribution in [3.63, 3.8) is 0 Å². The highest BCUT2D eigenvalue weighted by Gasteiger charge is 2.00. The van der Waals surface area contributed by atoms with E-state index in [9.17, 15) is 0 Å². The molecule has 15 heavy (non-hydrogen) atoms. The van der Waals surface area contributed by atoms with E-state index in [1.807, 2.05) is 11.8 Å². The summed E-state index contributed by atoms with van der Waals surface area (Å²) in [5, 5.41) is 0. The Morgan fingerprint density at radius 1 is 1.00 bits per heavy atom. The molecule has 0 nitrogen and oxygen atoms in total. The maximum absolute atomic E-state index is 2.38. The summed E-state index contributed by atoms with van der Waals surface area (Å²) in [6, 6.07) is 17.1. The second kappa shape index (κ2) is 5.03. The molecule has 2 aromatic rings. The molecular weight excluding hydrogens is 315 g/mol. The zero-order valence-corrected chi connectivity index (χ0v) is 11.4. The van der Waals surface area contributed by atoms with Gasteiger partial charge < -0.3 is 0 Å². The van der Waals surface area contributed by atoms with Crippen LogP contribution in [0.2, 0.25) is 0 Å². The van der Waals surface area contributed by atoms with Crippen LogP contribution in [0.5, 0.6) is 0 Å². The number of halogens is 1. The molecule has 2 aromatic carbocycles. The lowest BCUT2D eigenvalue weighted by Crippen LogP contribution is -1.79. The number of hydrogen-bond donors (Lipinski definition) is 0. The first-order chi connectivity index (χ1) is 7.25. The van der Waals surface area contributed by atoms with Gasteiger partial charge >= 0.3 is 0 Å². The Labute approximate surface area is 108 Å². The Hall–Kier alpha value is -0.480. The fourth-order valence-corrected chi connectivity index (χ4v) is 3.01. The lowest BCUT2D eigenvalue weighted by molar-refractivity contribution is 1.33. The van der Waals surface area contributed by atoms with Gasteiger partial charge in [0.15, 0.2) is 0 Å². The van der Waals surface area contributed by atoms with Crippen LogP contribution in [0.1, 0.15) is 5.56 Å². The van der Waals surface area contributed by atoms with Crippen LogP contribution in [0, 0.1) is 10.5 Å². The summed E-state index contributed by atoms with van der Waals surface area (Å²) >= 11 is 4.20. The predicted octanol–water partition coefficient (Wildman–Crippen LogP) is 4.75. The fourth-order valence-electron chi connectivity index (χ4n) is 1.33. The van der Waals surface area contributed by atoms with E-state index in [4.69, 9.17) is 0 Å². The molecule has 2 rings (SSSR count). The van der Waals surface area contributed by atoms with Gasteiger partial charge in [-0.2, -0.15) is 0 Å². The topological polar surface area (TPSA) is 0 Å². The highest BCUT2D eigenvalue weighted by molar-refractivity contribution is 14.1. The molecule has 0 atom stereocenters. The van der Waals surface area contributed by atoms with Crippen molar-refractivity contribution in [2.45, 2.75) is 16.7 Å². The number of benzene rings is 2. The molecule has 0 bridgehead atoms. The monoisotopic (exact) mass is 326 g/mol. The molecule has 0 aliphatic carbocycles. The fraction of sp³-hybridized carbons (Fsp3) is 0.0769. The average molecular weight is 326 g/mol. The number of hydrogen-bond acceptors (Lipinski definition) is 1. The van der Waals surface area contributed by atoms with Gasteiger partial charge in [-0.3, -0.25) is 0 Å². The molecule has 0 aliphatic heterocycles. The third-order valence-electron chi connectivity index (χ3n) is 2.05. The maximum Gasteiger partial charge on any atom is 0.0269 e. The molecule has 0 aliphatic rings. The predicted molar refractivity (Wildman–Crippen MR) is 74.5 cm³/mol. The normalized spacial score (nSPS) is 10.3. The van der Waals surface area contributed by atoms with Gasteiger partial charge in [-0.1, -0.05) is 41.6 Å². The van der Waals surface area contributed by atoms with Crippen molar-refractivity contribution in [3.05, 3.63) is 57.7 Å². The van der Waals surface area contributed by atoms with E-state index in [0.29, 0.717) is 0 Å². The van der Waals surface area contributed by atoms with E-state index >= 15 is 0 Å². The molecule has 0 aromatic heterocycles. The summed E-state index contributed by atoms with van der Waals surface area (Å²) in [6.07, 6.45) is 0. The summed E-state index contributed by atoms with van der Waals surface area (Å²) in [4.78, 5) is 2.63. The zero-order chi connectivity index (χ0) is 10.7. The highest BCUT2D eigenvalue weighted by Crippen LogP contribution is 2.31. The van der Waals surface area contributed by atoms with E-state index < -0.39 is 0 Å². The van der Waals surface area contributed by atoms with Crippen LogP contribution in [0.4, 0.5) is 0 Å². The van der Waals surface area contributed by atoms with Crippen LogP contribution in [-0.4, -0.2) is 0 Å². The SMILES string of the molecule is Cc1cccc(Sc2ccccc2I)c1. The summed E-state index contributed by atoms with van der Waals surface area (Å²) in [6.45, 7) is 2.13. The number of aryl methyl sites for hydroxylation is 1. The van der Waals surface area contributed by atoms with E-state index in [0.717, 1.165) is 0 Å². The minimum absolute atomic E-state index is 1.30. The van der Waals surface area contributed by atoms with Crippen molar-refractivity contribution in [1.82, 2.24) is 0 Å². The Morgan fingerprint density at radius 3 is 2.53 bits per heavy atom.